The van der Waals surface area contributed by atoms with E-state index in [1.165, 1.54) is 6.92 Å². The number of hydrogen-bond acceptors (Lipinski definition) is 4. The average molecular weight is 372 g/mol. The van der Waals surface area contributed by atoms with Crippen LogP contribution in [0.1, 0.15) is 19.8 Å². The van der Waals surface area contributed by atoms with Crippen molar-refractivity contribution in [2.45, 2.75) is 42.8 Å². The third-order valence-corrected chi connectivity index (χ3v) is 5.04. The number of carbonyl (C=O) groups excluding carboxylic acids is 1. The van der Waals surface area contributed by atoms with Crippen LogP contribution < -0.4 is 10.7 Å². The highest BCUT2D eigenvalue weighted by Gasteiger charge is 2.29. The Morgan fingerprint density at radius 3 is 2.77 bits per heavy atom. The minimum absolute atomic E-state index is 0.169. The van der Waals surface area contributed by atoms with Crippen LogP contribution in [-0.4, -0.2) is 48.4 Å². The second kappa shape index (κ2) is 8.04. The van der Waals surface area contributed by atoms with Crippen molar-refractivity contribution in [1.29, 1.82) is 0 Å². The molecule has 2 aliphatic rings. The molecule has 5 atom stereocenters. The van der Waals surface area contributed by atoms with Gasteiger partial charge in [-0.15, -0.1) is 0 Å². The fourth-order valence-corrected chi connectivity index (χ4v) is 3.54. The molecule has 0 amide bonds. The van der Waals surface area contributed by atoms with E-state index in [0.29, 0.717) is 4.83 Å². The Balaban J connectivity index is 1.87. The van der Waals surface area contributed by atoms with Crippen LogP contribution in [0.4, 0.5) is 0 Å². The number of halogens is 1. The first-order valence-electron chi connectivity index (χ1n) is 7.56. The van der Waals surface area contributed by atoms with Gasteiger partial charge < -0.3 is 14.8 Å². The fraction of sp³-hybridized carbons (Fsp3) is 0.625. The summed E-state index contributed by atoms with van der Waals surface area (Å²) in [6.45, 7) is 2.18. The molecule has 0 spiro atoms. The number of ether oxygens (including phenoxy) is 2. The number of hydrogen-bond donors (Lipinski definition) is 2. The van der Waals surface area contributed by atoms with Crippen LogP contribution in [0.15, 0.2) is 24.3 Å². The Bertz CT molecular complexity index is 478. The zero-order chi connectivity index (χ0) is 16.1. The summed E-state index contributed by atoms with van der Waals surface area (Å²) < 4.78 is 10.6. The molecular weight excluding hydrogens is 348 g/mol. The molecular formula is C16H24BrN2O3+. The van der Waals surface area contributed by atoms with Crippen molar-refractivity contribution in [3.63, 3.8) is 0 Å². The van der Waals surface area contributed by atoms with Crippen LogP contribution in [0.25, 0.3) is 0 Å². The molecule has 22 heavy (non-hydrogen) atoms. The van der Waals surface area contributed by atoms with E-state index in [0.717, 1.165) is 25.1 Å². The molecule has 0 saturated carbocycles. The molecule has 0 heterocycles. The molecule has 0 fully saturated rings. The second-order valence-electron chi connectivity index (χ2n) is 5.78. The Labute approximate surface area is 139 Å². The van der Waals surface area contributed by atoms with E-state index in [-0.39, 0.29) is 30.1 Å². The van der Waals surface area contributed by atoms with Gasteiger partial charge in [0.25, 0.3) is 0 Å². The molecule has 0 aromatic rings. The molecule has 0 aromatic heterocycles. The van der Waals surface area contributed by atoms with E-state index in [4.69, 9.17) is 14.9 Å². The number of allylic oxidation sites excluding steroid dienone is 1. The molecule has 5 unspecified atom stereocenters. The maximum Gasteiger partial charge on any atom is 0.303 e. The Morgan fingerprint density at radius 2 is 2.14 bits per heavy atom. The Hall–Kier alpha value is -0.980. The van der Waals surface area contributed by atoms with Gasteiger partial charge in [0, 0.05) is 43.9 Å². The first-order valence-corrected chi connectivity index (χ1v) is 8.47. The van der Waals surface area contributed by atoms with Crippen LogP contribution in [0.3, 0.4) is 0 Å². The fourth-order valence-electron chi connectivity index (χ4n) is 2.81. The van der Waals surface area contributed by atoms with Gasteiger partial charge in [-0.2, -0.15) is 0 Å². The summed E-state index contributed by atoms with van der Waals surface area (Å²) in [5, 5.41) is 9.59. The second-order valence-corrected chi connectivity index (χ2v) is 6.96. The molecule has 0 radical (unpaired) electrons. The van der Waals surface area contributed by atoms with Gasteiger partial charge in [-0.1, -0.05) is 28.1 Å². The SMILES string of the molecule is COC1C=CC(NCC2CC(OC(C)=O)C=CC2=[NH2+])C(Br)C1. The molecule has 2 aliphatic carbocycles. The van der Waals surface area contributed by atoms with Gasteiger partial charge in [0.05, 0.1) is 12.0 Å². The minimum atomic E-state index is -0.261. The largest absolute Gasteiger partial charge is 0.458 e. The summed E-state index contributed by atoms with van der Waals surface area (Å²) in [4.78, 5) is 11.4. The van der Waals surface area contributed by atoms with Crippen LogP contribution in [0.5, 0.6) is 0 Å². The predicted molar refractivity (Wildman–Crippen MR) is 88.8 cm³/mol. The molecule has 5 nitrogen and oxygen atoms in total. The molecule has 0 bridgehead atoms. The minimum Gasteiger partial charge on any atom is -0.458 e. The van der Waals surface area contributed by atoms with Gasteiger partial charge in [0.15, 0.2) is 5.71 Å². The number of nitrogens with one attached hydrogen (secondary N) is 1. The van der Waals surface area contributed by atoms with E-state index >= 15 is 0 Å². The molecule has 3 N–H and O–H groups in total. The highest BCUT2D eigenvalue weighted by Crippen LogP contribution is 2.23. The molecule has 122 valence electrons. The molecule has 2 rings (SSSR count). The number of nitrogens with two attached hydrogens (primary N) is 1. The van der Waals surface area contributed by atoms with Crippen molar-refractivity contribution >= 4 is 27.6 Å². The monoisotopic (exact) mass is 371 g/mol. The van der Waals surface area contributed by atoms with Gasteiger partial charge in [-0.05, 0) is 12.5 Å². The summed E-state index contributed by atoms with van der Waals surface area (Å²) in [5.74, 6) is -0.0919. The third-order valence-electron chi connectivity index (χ3n) is 4.09. The summed E-state index contributed by atoms with van der Waals surface area (Å²) in [6.07, 6.45) is 9.57. The topological polar surface area (TPSA) is 73.2 Å². The molecule has 0 saturated heterocycles. The van der Waals surface area contributed by atoms with Crippen molar-refractivity contribution < 1.29 is 19.7 Å². The lowest BCUT2D eigenvalue weighted by atomic mass is 9.90. The highest BCUT2D eigenvalue weighted by molar-refractivity contribution is 9.09. The van der Waals surface area contributed by atoms with Crippen molar-refractivity contribution in [3.8, 4) is 0 Å². The quantitative estimate of drug-likeness (QED) is 0.416. The molecule has 0 aliphatic heterocycles. The third kappa shape index (κ3) is 4.76. The van der Waals surface area contributed by atoms with Crippen LogP contribution in [0, 0.1) is 5.92 Å². The summed E-state index contributed by atoms with van der Waals surface area (Å²) in [5.41, 5.74) is 0.830. The summed E-state index contributed by atoms with van der Waals surface area (Å²) in [6, 6.07) is 0.247. The van der Waals surface area contributed by atoms with E-state index in [2.05, 4.69) is 33.4 Å². The van der Waals surface area contributed by atoms with Crippen LogP contribution in [0.2, 0.25) is 0 Å². The van der Waals surface area contributed by atoms with E-state index < -0.39 is 0 Å². The number of alkyl halides is 1. The lowest BCUT2D eigenvalue weighted by Gasteiger charge is -2.30. The number of rotatable bonds is 5. The average Bonchev–Trinajstić information content (AvgIpc) is 2.48. The maximum absolute atomic E-state index is 11.1. The zero-order valence-corrected chi connectivity index (χ0v) is 14.6. The van der Waals surface area contributed by atoms with Gasteiger partial charge in [-0.3, -0.25) is 10.2 Å². The summed E-state index contributed by atoms with van der Waals surface area (Å²) in [7, 11) is 1.72. The predicted octanol–water partition coefficient (Wildman–Crippen LogP) is 0.391. The molecule has 0 aromatic carbocycles. The van der Waals surface area contributed by atoms with E-state index in [1.54, 1.807) is 7.11 Å². The molecule has 6 heteroatoms. The number of carbonyl (C=O) groups is 1. The van der Waals surface area contributed by atoms with Crippen LogP contribution in [-0.2, 0) is 14.3 Å². The normalized spacial score (nSPS) is 34.7. The number of methoxy groups -OCH3 is 1. The smallest absolute Gasteiger partial charge is 0.303 e. The van der Waals surface area contributed by atoms with Gasteiger partial charge in [0.2, 0.25) is 0 Å². The van der Waals surface area contributed by atoms with Crippen molar-refractivity contribution in [2.24, 2.45) is 5.92 Å². The van der Waals surface area contributed by atoms with E-state index in [9.17, 15) is 4.79 Å². The standard InChI is InChI=1S/C16H23BrN2O3/c1-10(20)22-13-3-5-15(18)11(7-13)9-19-16-6-4-12(21-2)8-14(16)17/h3-6,11-14,16,18-19H,7-9H2,1-2H3/p+1. The van der Waals surface area contributed by atoms with Crippen molar-refractivity contribution in [1.82, 2.24) is 5.32 Å². The zero-order valence-electron chi connectivity index (χ0n) is 13.0. The summed E-state index contributed by atoms with van der Waals surface area (Å²) >= 11 is 3.71. The first kappa shape index (κ1) is 17.4. The van der Waals surface area contributed by atoms with Crippen molar-refractivity contribution in [2.75, 3.05) is 13.7 Å². The lowest BCUT2D eigenvalue weighted by Crippen LogP contribution is -2.51. The van der Waals surface area contributed by atoms with E-state index in [1.807, 2.05) is 12.2 Å². The van der Waals surface area contributed by atoms with Gasteiger partial charge in [-0.25, -0.2) is 0 Å². The highest BCUT2D eigenvalue weighted by atomic mass is 79.9. The lowest BCUT2D eigenvalue weighted by molar-refractivity contribution is -0.146. The Kier molecular flexibility index (Phi) is 6.35. The Morgan fingerprint density at radius 1 is 1.36 bits per heavy atom. The maximum atomic E-state index is 11.1. The number of esters is 1. The van der Waals surface area contributed by atoms with Crippen molar-refractivity contribution in [3.05, 3.63) is 24.3 Å². The van der Waals surface area contributed by atoms with Crippen LogP contribution >= 0.6 is 15.9 Å². The first-order chi connectivity index (χ1) is 10.5. The van der Waals surface area contributed by atoms with Gasteiger partial charge in [0.1, 0.15) is 6.10 Å². The van der Waals surface area contributed by atoms with Gasteiger partial charge >= 0.3 is 5.97 Å².